The molecule has 2 aromatic rings. The number of morpholine rings is 1. The second kappa shape index (κ2) is 8.38. The number of halogens is 1. The Morgan fingerprint density at radius 1 is 1.41 bits per heavy atom. The molecule has 2 aliphatic rings. The lowest BCUT2D eigenvalue weighted by Gasteiger charge is -2.35. The highest BCUT2D eigenvalue weighted by Gasteiger charge is 2.32. The number of ether oxygens (including phenoxy) is 1. The average molecular weight is 404 g/mol. The molecule has 1 aliphatic heterocycles. The van der Waals surface area contributed by atoms with Crippen LogP contribution < -0.4 is 5.73 Å². The van der Waals surface area contributed by atoms with E-state index in [0.717, 1.165) is 31.6 Å². The molecular formula is C21H29FN4O3. The number of H-pyrrole nitrogens is 1. The van der Waals surface area contributed by atoms with Gasteiger partial charge in [0.25, 0.3) is 0 Å². The Bertz CT molecular complexity index is 878. The first-order valence-electron chi connectivity index (χ1n) is 10.4. The first kappa shape index (κ1) is 20.3. The van der Waals surface area contributed by atoms with E-state index in [4.69, 9.17) is 10.5 Å². The summed E-state index contributed by atoms with van der Waals surface area (Å²) in [6.07, 6.45) is 4.44. The molecule has 4 rings (SSSR count). The molecule has 1 aliphatic carbocycles. The summed E-state index contributed by atoms with van der Waals surface area (Å²) < 4.78 is 20.9. The average Bonchev–Trinajstić information content (AvgIpc) is 3.19. The molecule has 0 bridgehead atoms. The lowest BCUT2D eigenvalue weighted by Crippen LogP contribution is -2.44. The number of nitrogens with zero attached hydrogens (tertiary/aromatic N) is 2. The van der Waals surface area contributed by atoms with Gasteiger partial charge in [-0.3, -0.25) is 4.79 Å². The second-order valence-electron chi connectivity index (χ2n) is 8.37. The van der Waals surface area contributed by atoms with Crippen molar-refractivity contribution >= 4 is 16.9 Å². The van der Waals surface area contributed by atoms with Crippen LogP contribution in [0.2, 0.25) is 0 Å². The number of aromatic nitrogens is 2. The van der Waals surface area contributed by atoms with Crippen molar-refractivity contribution in [1.82, 2.24) is 14.9 Å². The van der Waals surface area contributed by atoms with E-state index >= 15 is 4.39 Å². The van der Waals surface area contributed by atoms with Crippen molar-refractivity contribution in [2.24, 2.45) is 17.6 Å². The van der Waals surface area contributed by atoms with Crippen LogP contribution in [0.15, 0.2) is 12.1 Å². The molecule has 1 saturated carbocycles. The smallest absolute Gasteiger partial charge is 0.248 e. The summed E-state index contributed by atoms with van der Waals surface area (Å²) in [4.78, 5) is 21.2. The number of benzene rings is 1. The van der Waals surface area contributed by atoms with Gasteiger partial charge >= 0.3 is 0 Å². The Morgan fingerprint density at radius 3 is 2.90 bits per heavy atom. The van der Waals surface area contributed by atoms with E-state index < -0.39 is 24.4 Å². The first-order chi connectivity index (χ1) is 14.0. The zero-order chi connectivity index (χ0) is 20.5. The highest BCUT2D eigenvalue weighted by molar-refractivity contribution is 5.79. The van der Waals surface area contributed by atoms with E-state index in [1.807, 2.05) is 0 Å². The van der Waals surface area contributed by atoms with Gasteiger partial charge in [0.15, 0.2) is 5.82 Å². The van der Waals surface area contributed by atoms with E-state index in [9.17, 15) is 9.90 Å². The Kier molecular flexibility index (Phi) is 5.85. The van der Waals surface area contributed by atoms with Gasteiger partial charge in [0.05, 0.1) is 30.8 Å². The zero-order valence-electron chi connectivity index (χ0n) is 16.7. The molecule has 8 heteroatoms. The van der Waals surface area contributed by atoms with Crippen molar-refractivity contribution < 1.29 is 19.0 Å². The standard InChI is InChI=1S/C21H29FN4O3/c1-12-2-4-13(5-3-12)19(23)21-24-15-7-6-14(18(22)20(15)25-21)16-11-29-9-8-26(16)17(28)10-27/h6-7,12-13,16,19,27H,2-5,8-11,23H2,1H3,(H,24,25)/t12?,13?,16-,19+/m1/s1. The number of carbonyl (C=O) groups is 1. The molecule has 0 radical (unpaired) electrons. The molecule has 0 unspecified atom stereocenters. The van der Waals surface area contributed by atoms with Crippen LogP contribution in [0, 0.1) is 17.7 Å². The number of hydrogen-bond acceptors (Lipinski definition) is 5. The minimum atomic E-state index is -0.609. The van der Waals surface area contributed by atoms with Crippen LogP contribution in [0.1, 0.15) is 56.1 Å². The Labute approximate surface area is 169 Å². The quantitative estimate of drug-likeness (QED) is 0.726. The molecule has 7 nitrogen and oxygen atoms in total. The monoisotopic (exact) mass is 404 g/mol. The van der Waals surface area contributed by atoms with Crippen LogP contribution in [0.5, 0.6) is 0 Å². The molecule has 1 aromatic carbocycles. The number of rotatable bonds is 4. The van der Waals surface area contributed by atoms with Crippen molar-refractivity contribution in [3.63, 3.8) is 0 Å². The molecule has 1 saturated heterocycles. The SMILES string of the molecule is CC1CCC([C@H](N)c2nc3c(F)c([C@H]4COCCN4C(=O)CO)ccc3[nH]2)CC1. The third kappa shape index (κ3) is 3.89. The van der Waals surface area contributed by atoms with Crippen LogP contribution in [-0.4, -0.2) is 52.2 Å². The topological polar surface area (TPSA) is 104 Å². The molecule has 29 heavy (non-hydrogen) atoms. The van der Waals surface area contributed by atoms with Gasteiger partial charge in [-0.25, -0.2) is 9.37 Å². The lowest BCUT2D eigenvalue weighted by atomic mass is 9.79. The van der Waals surface area contributed by atoms with Crippen LogP contribution >= 0.6 is 0 Å². The highest BCUT2D eigenvalue weighted by Crippen LogP contribution is 2.36. The summed E-state index contributed by atoms with van der Waals surface area (Å²) in [5, 5.41) is 9.24. The van der Waals surface area contributed by atoms with E-state index in [-0.39, 0.29) is 18.2 Å². The van der Waals surface area contributed by atoms with Gasteiger partial charge in [-0.05, 0) is 30.7 Å². The van der Waals surface area contributed by atoms with Crippen molar-refractivity contribution in [2.75, 3.05) is 26.4 Å². The molecule has 2 heterocycles. The lowest BCUT2D eigenvalue weighted by molar-refractivity contribution is -0.143. The number of imidazole rings is 1. The van der Waals surface area contributed by atoms with E-state index in [1.165, 1.54) is 4.90 Å². The summed E-state index contributed by atoms with van der Waals surface area (Å²) in [6, 6.07) is 2.60. The van der Waals surface area contributed by atoms with Crippen LogP contribution in [0.25, 0.3) is 11.0 Å². The number of carbonyl (C=O) groups excluding carboxylic acids is 1. The fourth-order valence-electron chi connectivity index (χ4n) is 4.61. The van der Waals surface area contributed by atoms with Gasteiger partial charge in [-0.15, -0.1) is 0 Å². The van der Waals surface area contributed by atoms with Crippen molar-refractivity contribution in [3.8, 4) is 0 Å². The maximum atomic E-state index is 15.4. The number of fused-ring (bicyclic) bond motifs is 1. The fraction of sp³-hybridized carbons (Fsp3) is 0.619. The van der Waals surface area contributed by atoms with E-state index in [1.54, 1.807) is 12.1 Å². The Hall–Kier alpha value is -2.03. The summed E-state index contributed by atoms with van der Waals surface area (Å²) >= 11 is 0. The first-order valence-corrected chi connectivity index (χ1v) is 10.4. The molecular weight excluding hydrogens is 375 g/mol. The number of amides is 1. The number of aliphatic hydroxyl groups is 1. The molecule has 1 aromatic heterocycles. The van der Waals surface area contributed by atoms with Gasteiger partial charge in [0.2, 0.25) is 5.91 Å². The fourth-order valence-corrected chi connectivity index (χ4v) is 4.61. The largest absolute Gasteiger partial charge is 0.387 e. The van der Waals surface area contributed by atoms with Gasteiger partial charge < -0.3 is 25.5 Å². The third-order valence-electron chi connectivity index (χ3n) is 6.47. The Morgan fingerprint density at radius 2 is 2.17 bits per heavy atom. The summed E-state index contributed by atoms with van der Waals surface area (Å²) in [6.45, 7) is 2.53. The maximum Gasteiger partial charge on any atom is 0.248 e. The highest BCUT2D eigenvalue weighted by atomic mass is 19.1. The van der Waals surface area contributed by atoms with Crippen LogP contribution in [0.3, 0.4) is 0 Å². The summed E-state index contributed by atoms with van der Waals surface area (Å²) in [5.41, 5.74) is 7.65. The summed E-state index contributed by atoms with van der Waals surface area (Å²) in [5.74, 6) is 0.781. The molecule has 0 spiro atoms. The summed E-state index contributed by atoms with van der Waals surface area (Å²) in [7, 11) is 0. The van der Waals surface area contributed by atoms with Gasteiger partial charge in [-0.1, -0.05) is 25.8 Å². The minimum Gasteiger partial charge on any atom is -0.387 e. The zero-order valence-corrected chi connectivity index (χ0v) is 16.7. The van der Waals surface area contributed by atoms with E-state index in [0.29, 0.717) is 36.0 Å². The minimum absolute atomic E-state index is 0.186. The van der Waals surface area contributed by atoms with Crippen molar-refractivity contribution in [2.45, 2.75) is 44.7 Å². The normalized spacial score (nSPS) is 26.6. The molecule has 158 valence electrons. The second-order valence-corrected chi connectivity index (χ2v) is 8.37. The van der Waals surface area contributed by atoms with E-state index in [2.05, 4.69) is 16.9 Å². The number of aliphatic hydroxyl groups excluding tert-OH is 1. The third-order valence-corrected chi connectivity index (χ3v) is 6.47. The van der Waals surface area contributed by atoms with Crippen molar-refractivity contribution in [1.29, 1.82) is 0 Å². The maximum absolute atomic E-state index is 15.4. The van der Waals surface area contributed by atoms with Gasteiger partial charge in [0, 0.05) is 12.1 Å². The van der Waals surface area contributed by atoms with Gasteiger partial charge in [0.1, 0.15) is 17.9 Å². The molecule has 4 N–H and O–H groups in total. The van der Waals surface area contributed by atoms with Gasteiger partial charge in [-0.2, -0.15) is 0 Å². The number of aromatic amines is 1. The number of hydrogen-bond donors (Lipinski definition) is 3. The van der Waals surface area contributed by atoms with Crippen molar-refractivity contribution in [3.05, 3.63) is 29.3 Å². The molecule has 2 fully saturated rings. The predicted octanol–water partition coefficient (Wildman–Crippen LogP) is 2.42. The van der Waals surface area contributed by atoms with Crippen LogP contribution in [0.4, 0.5) is 4.39 Å². The molecule has 2 atom stereocenters. The van der Waals surface area contributed by atoms with Crippen LogP contribution in [-0.2, 0) is 9.53 Å². The Balaban J connectivity index is 1.63. The number of nitrogens with one attached hydrogen (secondary N) is 1. The predicted molar refractivity (Wildman–Crippen MR) is 106 cm³/mol. The number of nitrogens with two attached hydrogens (primary N) is 1. The molecule has 1 amide bonds.